The molecule has 0 heterocycles. The van der Waals surface area contributed by atoms with Crippen molar-refractivity contribution < 1.29 is 14.3 Å². The molecule has 0 bridgehead atoms. The topological polar surface area (TPSA) is 55.4 Å². The molecule has 0 aliphatic heterocycles. The molecule has 4 nitrogen and oxygen atoms in total. The van der Waals surface area contributed by atoms with Gasteiger partial charge in [-0.1, -0.05) is 26.2 Å². The third kappa shape index (κ3) is 9.85. The molecule has 0 aliphatic carbocycles. The number of carbonyl (C=O) groups excluding carboxylic acids is 2. The van der Waals surface area contributed by atoms with E-state index in [1.165, 1.54) is 19.8 Å². The molecule has 0 saturated heterocycles. The highest BCUT2D eigenvalue weighted by Gasteiger charge is 2.13. The minimum atomic E-state index is -0.262. The SMILES string of the molecule is CCCCCC[C@@H](CCC(=O)NC)OC(C)=O. The Morgan fingerprint density at radius 2 is 1.88 bits per heavy atom. The highest BCUT2D eigenvalue weighted by atomic mass is 16.5. The molecular weight excluding hydrogens is 218 g/mol. The summed E-state index contributed by atoms with van der Waals surface area (Å²) in [5, 5.41) is 2.57. The normalized spacial score (nSPS) is 11.9. The van der Waals surface area contributed by atoms with Gasteiger partial charge in [0.25, 0.3) is 0 Å². The second kappa shape index (κ2) is 10.1. The van der Waals surface area contributed by atoms with E-state index in [-0.39, 0.29) is 18.0 Å². The fourth-order valence-electron chi connectivity index (χ4n) is 1.71. The fourth-order valence-corrected chi connectivity index (χ4v) is 1.71. The number of unbranched alkanes of at least 4 members (excludes halogenated alkanes) is 3. The number of carbonyl (C=O) groups is 2. The molecule has 0 saturated carbocycles. The summed E-state index contributed by atoms with van der Waals surface area (Å²) in [6, 6.07) is 0. The maximum atomic E-state index is 11.1. The van der Waals surface area contributed by atoms with Crippen LogP contribution in [0.25, 0.3) is 0 Å². The van der Waals surface area contributed by atoms with Gasteiger partial charge in [0.1, 0.15) is 6.10 Å². The monoisotopic (exact) mass is 243 g/mol. The molecule has 1 N–H and O–H groups in total. The highest BCUT2D eigenvalue weighted by molar-refractivity contribution is 5.75. The van der Waals surface area contributed by atoms with Crippen molar-refractivity contribution >= 4 is 11.9 Å². The van der Waals surface area contributed by atoms with Crippen LogP contribution >= 0.6 is 0 Å². The van der Waals surface area contributed by atoms with Crippen molar-refractivity contribution in [3.63, 3.8) is 0 Å². The first-order chi connectivity index (χ1) is 8.10. The zero-order chi connectivity index (χ0) is 13.1. The first kappa shape index (κ1) is 15.9. The largest absolute Gasteiger partial charge is 0.463 e. The second-order valence-corrected chi connectivity index (χ2v) is 4.29. The van der Waals surface area contributed by atoms with Gasteiger partial charge in [0, 0.05) is 20.4 Å². The Kier molecular flexibility index (Phi) is 9.49. The van der Waals surface area contributed by atoms with E-state index in [1.807, 2.05) is 0 Å². The minimum Gasteiger partial charge on any atom is -0.463 e. The molecular formula is C13H25NO3. The predicted molar refractivity (Wildman–Crippen MR) is 67.6 cm³/mol. The van der Waals surface area contributed by atoms with Crippen LogP contribution in [0.15, 0.2) is 0 Å². The minimum absolute atomic E-state index is 0.00397. The van der Waals surface area contributed by atoms with E-state index in [0.29, 0.717) is 12.8 Å². The molecule has 0 radical (unpaired) electrons. The summed E-state index contributed by atoms with van der Waals surface area (Å²) in [5.41, 5.74) is 0. The maximum Gasteiger partial charge on any atom is 0.302 e. The number of hydrogen-bond donors (Lipinski definition) is 1. The van der Waals surface area contributed by atoms with Gasteiger partial charge in [0.05, 0.1) is 0 Å². The molecule has 100 valence electrons. The van der Waals surface area contributed by atoms with Crippen LogP contribution in [-0.4, -0.2) is 25.0 Å². The Morgan fingerprint density at radius 3 is 2.41 bits per heavy atom. The van der Waals surface area contributed by atoms with Crippen molar-refractivity contribution in [2.24, 2.45) is 0 Å². The Labute approximate surface area is 104 Å². The molecule has 0 aromatic rings. The van der Waals surface area contributed by atoms with E-state index in [0.717, 1.165) is 19.3 Å². The van der Waals surface area contributed by atoms with Crippen LogP contribution in [0.1, 0.15) is 58.8 Å². The summed E-state index contributed by atoms with van der Waals surface area (Å²) >= 11 is 0. The number of amides is 1. The summed E-state index contributed by atoms with van der Waals surface area (Å²) in [6.07, 6.45) is 6.40. The Morgan fingerprint density at radius 1 is 1.18 bits per heavy atom. The molecule has 0 fully saturated rings. The number of esters is 1. The lowest BCUT2D eigenvalue weighted by molar-refractivity contribution is -0.147. The molecule has 0 rings (SSSR count). The quantitative estimate of drug-likeness (QED) is 0.500. The van der Waals surface area contributed by atoms with Gasteiger partial charge >= 0.3 is 5.97 Å². The molecule has 0 unspecified atom stereocenters. The van der Waals surface area contributed by atoms with Crippen LogP contribution in [0.2, 0.25) is 0 Å². The molecule has 1 amide bonds. The lowest BCUT2D eigenvalue weighted by atomic mass is 10.1. The first-order valence-corrected chi connectivity index (χ1v) is 6.48. The molecule has 17 heavy (non-hydrogen) atoms. The Balaban J connectivity index is 3.87. The van der Waals surface area contributed by atoms with Crippen molar-refractivity contribution in [2.75, 3.05) is 7.05 Å². The van der Waals surface area contributed by atoms with Crippen molar-refractivity contribution in [2.45, 2.75) is 64.9 Å². The van der Waals surface area contributed by atoms with Crippen molar-refractivity contribution in [3.8, 4) is 0 Å². The van der Waals surface area contributed by atoms with E-state index in [1.54, 1.807) is 7.05 Å². The summed E-state index contributed by atoms with van der Waals surface area (Å²) < 4.78 is 5.21. The Hall–Kier alpha value is -1.06. The van der Waals surface area contributed by atoms with Gasteiger partial charge < -0.3 is 10.1 Å². The van der Waals surface area contributed by atoms with E-state index in [9.17, 15) is 9.59 Å². The lowest BCUT2D eigenvalue weighted by Crippen LogP contribution is -2.22. The third-order valence-electron chi connectivity index (χ3n) is 2.68. The number of nitrogens with one attached hydrogen (secondary N) is 1. The number of ether oxygens (including phenoxy) is 1. The molecule has 1 atom stereocenters. The zero-order valence-corrected chi connectivity index (χ0v) is 11.3. The third-order valence-corrected chi connectivity index (χ3v) is 2.68. The summed E-state index contributed by atoms with van der Waals surface area (Å²) in [4.78, 5) is 22.1. The van der Waals surface area contributed by atoms with E-state index in [2.05, 4.69) is 12.2 Å². The van der Waals surface area contributed by atoms with Gasteiger partial charge in [-0.2, -0.15) is 0 Å². The van der Waals surface area contributed by atoms with E-state index in [4.69, 9.17) is 4.74 Å². The van der Waals surface area contributed by atoms with Crippen molar-refractivity contribution in [1.82, 2.24) is 5.32 Å². The van der Waals surface area contributed by atoms with Gasteiger partial charge in [0.15, 0.2) is 0 Å². The van der Waals surface area contributed by atoms with Gasteiger partial charge in [-0.05, 0) is 19.3 Å². The summed E-state index contributed by atoms with van der Waals surface area (Å²) in [5.74, 6) is -0.266. The van der Waals surface area contributed by atoms with Crippen LogP contribution in [0.5, 0.6) is 0 Å². The molecule has 0 aromatic heterocycles. The fraction of sp³-hybridized carbons (Fsp3) is 0.846. The van der Waals surface area contributed by atoms with Crippen LogP contribution < -0.4 is 5.32 Å². The van der Waals surface area contributed by atoms with Crippen LogP contribution in [0, 0.1) is 0 Å². The lowest BCUT2D eigenvalue weighted by Gasteiger charge is -2.16. The molecule has 0 aromatic carbocycles. The van der Waals surface area contributed by atoms with Crippen LogP contribution in [0.4, 0.5) is 0 Å². The summed E-state index contributed by atoms with van der Waals surface area (Å²) in [7, 11) is 1.62. The molecule has 4 heteroatoms. The molecule has 0 aliphatic rings. The average Bonchev–Trinajstić information content (AvgIpc) is 2.30. The van der Waals surface area contributed by atoms with Crippen LogP contribution in [-0.2, 0) is 14.3 Å². The number of hydrogen-bond acceptors (Lipinski definition) is 3. The smallest absolute Gasteiger partial charge is 0.302 e. The summed E-state index contributed by atoms with van der Waals surface area (Å²) in [6.45, 7) is 3.58. The van der Waals surface area contributed by atoms with Crippen molar-refractivity contribution in [1.29, 1.82) is 0 Å². The second-order valence-electron chi connectivity index (χ2n) is 4.29. The van der Waals surface area contributed by atoms with Gasteiger partial charge in [-0.3, -0.25) is 9.59 Å². The van der Waals surface area contributed by atoms with E-state index < -0.39 is 0 Å². The van der Waals surface area contributed by atoms with Gasteiger partial charge in [0.2, 0.25) is 5.91 Å². The van der Waals surface area contributed by atoms with Gasteiger partial charge in [-0.15, -0.1) is 0 Å². The van der Waals surface area contributed by atoms with E-state index >= 15 is 0 Å². The first-order valence-electron chi connectivity index (χ1n) is 6.48. The zero-order valence-electron chi connectivity index (χ0n) is 11.3. The van der Waals surface area contributed by atoms with Gasteiger partial charge in [-0.25, -0.2) is 0 Å². The number of rotatable bonds is 9. The Bertz CT molecular complexity index is 229. The standard InChI is InChI=1S/C13H25NO3/c1-4-5-6-7-8-12(17-11(2)15)9-10-13(16)14-3/h12H,4-10H2,1-3H3,(H,14,16)/t12-/m0/s1. The maximum absolute atomic E-state index is 11.1. The highest BCUT2D eigenvalue weighted by Crippen LogP contribution is 2.13. The molecule has 0 spiro atoms. The van der Waals surface area contributed by atoms with Crippen molar-refractivity contribution in [3.05, 3.63) is 0 Å². The predicted octanol–water partition coefficient (Wildman–Crippen LogP) is 2.41. The van der Waals surface area contributed by atoms with Crippen LogP contribution in [0.3, 0.4) is 0 Å². The average molecular weight is 243 g/mol.